The van der Waals surface area contributed by atoms with Crippen molar-refractivity contribution in [2.45, 2.75) is 45.2 Å². The van der Waals surface area contributed by atoms with E-state index in [0.717, 1.165) is 30.1 Å². The maximum absolute atomic E-state index is 12.1. The van der Waals surface area contributed by atoms with Crippen LogP contribution in [-0.4, -0.2) is 39.3 Å². The molecule has 7 nitrogen and oxygen atoms in total. The third-order valence-corrected chi connectivity index (χ3v) is 4.45. The molecule has 2 aromatic rings. The molecule has 1 fully saturated rings. The quantitative estimate of drug-likeness (QED) is 0.908. The lowest BCUT2D eigenvalue weighted by Gasteiger charge is -2.26. The highest BCUT2D eigenvalue weighted by Crippen LogP contribution is 2.23. The van der Waals surface area contributed by atoms with E-state index in [-0.39, 0.29) is 18.5 Å². The van der Waals surface area contributed by atoms with E-state index >= 15 is 0 Å². The van der Waals surface area contributed by atoms with Crippen LogP contribution in [0.4, 0.5) is 0 Å². The highest BCUT2D eigenvalue weighted by Gasteiger charge is 2.20. The third-order valence-electron chi connectivity index (χ3n) is 4.45. The molecule has 3 rings (SSSR count). The zero-order valence-electron chi connectivity index (χ0n) is 14.1. The van der Waals surface area contributed by atoms with E-state index in [4.69, 9.17) is 4.74 Å². The molecule has 0 unspecified atom stereocenters. The largest absolute Gasteiger partial charge is 0.497 e. The minimum absolute atomic E-state index is 0.0656. The normalized spacial score (nSPS) is 20.6. The van der Waals surface area contributed by atoms with Crippen LogP contribution >= 0.6 is 0 Å². The number of amides is 1. The number of hydrogen-bond acceptors (Lipinski definition) is 5. The Hall–Kier alpha value is -2.44. The first-order chi connectivity index (χ1) is 11.6. The number of methoxy groups -OCH3 is 1. The Balaban J connectivity index is 1.58. The summed E-state index contributed by atoms with van der Waals surface area (Å²) in [5, 5.41) is 15.3. The number of nitrogens with one attached hydrogen (secondary N) is 1. The molecule has 1 saturated carbocycles. The summed E-state index contributed by atoms with van der Waals surface area (Å²) < 4.78 is 5.19. The number of benzene rings is 1. The first-order valence-corrected chi connectivity index (χ1v) is 8.35. The van der Waals surface area contributed by atoms with E-state index < -0.39 is 0 Å². The third kappa shape index (κ3) is 4.10. The standard InChI is InChI=1S/C17H23N5O2/c1-12-6-8-14(9-7-12)18-16(23)11-22-20-17(19-21-22)13-4-3-5-15(10-13)24-2/h3-5,10,12,14H,6-9,11H2,1-2H3,(H,18,23). The summed E-state index contributed by atoms with van der Waals surface area (Å²) in [6.45, 7) is 2.35. The van der Waals surface area contributed by atoms with Crippen LogP contribution in [0.1, 0.15) is 32.6 Å². The zero-order valence-corrected chi connectivity index (χ0v) is 14.1. The molecule has 0 spiro atoms. The van der Waals surface area contributed by atoms with Gasteiger partial charge in [0.2, 0.25) is 11.7 Å². The summed E-state index contributed by atoms with van der Waals surface area (Å²) in [5.74, 6) is 1.91. The molecule has 1 amide bonds. The summed E-state index contributed by atoms with van der Waals surface area (Å²) in [5.41, 5.74) is 0.808. The Bertz CT molecular complexity index is 692. The molecule has 0 atom stereocenters. The average Bonchev–Trinajstić information content (AvgIpc) is 3.05. The second kappa shape index (κ2) is 7.42. The van der Waals surface area contributed by atoms with Gasteiger partial charge < -0.3 is 10.1 Å². The Morgan fingerprint density at radius 3 is 2.88 bits per heavy atom. The van der Waals surface area contributed by atoms with Gasteiger partial charge in [-0.15, -0.1) is 10.2 Å². The SMILES string of the molecule is COc1cccc(-c2nnn(CC(=O)NC3CCC(C)CC3)n2)c1. The smallest absolute Gasteiger partial charge is 0.243 e. The number of carbonyl (C=O) groups is 1. The van der Waals surface area contributed by atoms with E-state index in [1.807, 2.05) is 24.3 Å². The lowest BCUT2D eigenvalue weighted by Crippen LogP contribution is -2.39. The molecule has 7 heteroatoms. The van der Waals surface area contributed by atoms with Gasteiger partial charge in [0, 0.05) is 11.6 Å². The highest BCUT2D eigenvalue weighted by atomic mass is 16.5. The first-order valence-electron chi connectivity index (χ1n) is 8.35. The number of nitrogens with zero attached hydrogens (tertiary/aromatic N) is 4. The number of hydrogen-bond donors (Lipinski definition) is 1. The minimum atomic E-state index is -0.0656. The van der Waals surface area contributed by atoms with E-state index in [1.165, 1.54) is 17.6 Å². The molecule has 24 heavy (non-hydrogen) atoms. The molecule has 128 valence electrons. The molecule has 1 heterocycles. The average molecular weight is 329 g/mol. The van der Waals surface area contributed by atoms with Crippen molar-refractivity contribution in [1.82, 2.24) is 25.5 Å². The topological polar surface area (TPSA) is 81.9 Å². The van der Waals surface area contributed by atoms with Gasteiger partial charge in [-0.05, 0) is 48.9 Å². The zero-order chi connectivity index (χ0) is 16.9. The minimum Gasteiger partial charge on any atom is -0.497 e. The van der Waals surface area contributed by atoms with Gasteiger partial charge >= 0.3 is 0 Å². The number of rotatable bonds is 5. The number of aromatic nitrogens is 4. The van der Waals surface area contributed by atoms with E-state index in [1.54, 1.807) is 7.11 Å². The molecule has 0 saturated heterocycles. The van der Waals surface area contributed by atoms with Gasteiger partial charge in [-0.2, -0.15) is 4.80 Å². The molecular formula is C17H23N5O2. The van der Waals surface area contributed by atoms with Crippen molar-refractivity contribution in [3.05, 3.63) is 24.3 Å². The van der Waals surface area contributed by atoms with Crippen LogP contribution in [0.2, 0.25) is 0 Å². The fourth-order valence-corrected chi connectivity index (χ4v) is 2.99. The summed E-state index contributed by atoms with van der Waals surface area (Å²) in [6.07, 6.45) is 4.44. The second-order valence-electron chi connectivity index (χ2n) is 6.40. The molecule has 1 aliphatic carbocycles. The van der Waals surface area contributed by atoms with Gasteiger partial charge in [0.25, 0.3) is 0 Å². The maximum atomic E-state index is 12.1. The van der Waals surface area contributed by atoms with Crippen molar-refractivity contribution in [2.24, 2.45) is 5.92 Å². The molecule has 0 aliphatic heterocycles. The van der Waals surface area contributed by atoms with Crippen molar-refractivity contribution in [3.63, 3.8) is 0 Å². The van der Waals surface area contributed by atoms with Gasteiger partial charge in [-0.25, -0.2) is 0 Å². The Morgan fingerprint density at radius 1 is 1.33 bits per heavy atom. The van der Waals surface area contributed by atoms with E-state index in [0.29, 0.717) is 5.82 Å². The lowest BCUT2D eigenvalue weighted by molar-refractivity contribution is -0.123. The van der Waals surface area contributed by atoms with Crippen LogP contribution in [0.5, 0.6) is 5.75 Å². The predicted octanol–water partition coefficient (Wildman–Crippen LogP) is 2.04. The van der Waals surface area contributed by atoms with Crippen LogP contribution in [0.15, 0.2) is 24.3 Å². The Kier molecular flexibility index (Phi) is 5.08. The maximum Gasteiger partial charge on any atom is 0.243 e. The van der Waals surface area contributed by atoms with Gasteiger partial charge in [-0.1, -0.05) is 19.1 Å². The fraction of sp³-hybridized carbons (Fsp3) is 0.529. The molecule has 0 bridgehead atoms. The number of ether oxygens (including phenoxy) is 1. The van der Waals surface area contributed by atoms with Crippen LogP contribution in [0.3, 0.4) is 0 Å². The van der Waals surface area contributed by atoms with Crippen molar-refractivity contribution in [3.8, 4) is 17.1 Å². The van der Waals surface area contributed by atoms with Crippen LogP contribution in [0, 0.1) is 5.92 Å². The van der Waals surface area contributed by atoms with Gasteiger partial charge in [0.1, 0.15) is 12.3 Å². The molecule has 1 aromatic heterocycles. The number of tetrazole rings is 1. The van der Waals surface area contributed by atoms with Gasteiger partial charge in [-0.3, -0.25) is 4.79 Å². The summed E-state index contributed by atoms with van der Waals surface area (Å²) in [7, 11) is 1.61. The van der Waals surface area contributed by atoms with Crippen molar-refractivity contribution in [1.29, 1.82) is 0 Å². The summed E-state index contributed by atoms with van der Waals surface area (Å²) in [4.78, 5) is 13.5. The molecule has 0 radical (unpaired) electrons. The number of carbonyl (C=O) groups excluding carboxylic acids is 1. The van der Waals surface area contributed by atoms with Crippen LogP contribution < -0.4 is 10.1 Å². The molecule has 1 aliphatic rings. The van der Waals surface area contributed by atoms with Gasteiger partial charge in [0.15, 0.2) is 0 Å². The predicted molar refractivity (Wildman–Crippen MR) is 89.4 cm³/mol. The molecular weight excluding hydrogens is 306 g/mol. The van der Waals surface area contributed by atoms with Crippen molar-refractivity contribution < 1.29 is 9.53 Å². The van der Waals surface area contributed by atoms with Crippen LogP contribution in [0.25, 0.3) is 11.4 Å². The summed E-state index contributed by atoms with van der Waals surface area (Å²) in [6, 6.07) is 7.71. The molecule has 1 aromatic carbocycles. The Morgan fingerprint density at radius 2 is 2.12 bits per heavy atom. The van der Waals surface area contributed by atoms with Gasteiger partial charge in [0.05, 0.1) is 7.11 Å². The monoisotopic (exact) mass is 329 g/mol. The van der Waals surface area contributed by atoms with Crippen LogP contribution in [-0.2, 0) is 11.3 Å². The molecule has 1 N–H and O–H groups in total. The van der Waals surface area contributed by atoms with E-state index in [2.05, 4.69) is 27.7 Å². The van der Waals surface area contributed by atoms with Crippen molar-refractivity contribution >= 4 is 5.91 Å². The van der Waals surface area contributed by atoms with Crippen molar-refractivity contribution in [2.75, 3.05) is 7.11 Å². The summed E-state index contributed by atoms with van der Waals surface area (Å²) >= 11 is 0. The second-order valence-corrected chi connectivity index (χ2v) is 6.40. The highest BCUT2D eigenvalue weighted by molar-refractivity contribution is 5.75. The fourth-order valence-electron chi connectivity index (χ4n) is 2.99. The Labute approximate surface area is 141 Å². The first kappa shape index (κ1) is 16.4. The van der Waals surface area contributed by atoms with E-state index in [9.17, 15) is 4.79 Å². The lowest BCUT2D eigenvalue weighted by atomic mass is 9.87.